The van der Waals surface area contributed by atoms with Crippen molar-refractivity contribution >= 4 is 28.7 Å². The summed E-state index contributed by atoms with van der Waals surface area (Å²) in [4.78, 5) is 40.7. The highest BCUT2D eigenvalue weighted by molar-refractivity contribution is 6.61. The Kier molecular flexibility index (Phi) is 6.77. The Morgan fingerprint density at radius 2 is 1.59 bits per heavy atom. The van der Waals surface area contributed by atoms with Gasteiger partial charge < -0.3 is 15.1 Å². The largest absolute Gasteiger partial charge is 0.508 e. The predicted molar refractivity (Wildman–Crippen MR) is 123 cm³/mol. The zero-order valence-electron chi connectivity index (χ0n) is 18.9. The first-order valence-electron chi connectivity index (χ1n) is 10.9. The maximum Gasteiger partial charge on any atom is 0.234 e. The summed E-state index contributed by atoms with van der Waals surface area (Å²) in [6.45, 7) is 10.8. The van der Waals surface area contributed by atoms with Crippen molar-refractivity contribution in [1.29, 1.82) is 0 Å². The van der Waals surface area contributed by atoms with Crippen LogP contribution in [0.4, 0.5) is 5.69 Å². The van der Waals surface area contributed by atoms with E-state index in [1.165, 1.54) is 24.3 Å². The number of benzene rings is 1. The lowest BCUT2D eigenvalue weighted by atomic mass is 9.92. The highest BCUT2D eigenvalue weighted by Crippen LogP contribution is 2.38. The Balaban J connectivity index is 2.04. The van der Waals surface area contributed by atoms with Gasteiger partial charge in [-0.05, 0) is 39.8 Å². The van der Waals surface area contributed by atoms with Gasteiger partial charge in [0.15, 0.2) is 5.78 Å². The SMILES string of the molecule is CCN(CC)c1ccc(C2C(=O)C(=O)/C(=C3/C=CC(=[N+](CC)CC)C=C3O)C2=O)c(O)c1. The molecule has 168 valence electrons. The molecule has 1 fully saturated rings. The molecule has 1 saturated carbocycles. The number of allylic oxidation sites excluding steroid dienone is 4. The maximum atomic E-state index is 13.2. The van der Waals surface area contributed by atoms with Gasteiger partial charge in [0.25, 0.3) is 0 Å². The fourth-order valence-electron chi connectivity index (χ4n) is 4.25. The van der Waals surface area contributed by atoms with Gasteiger partial charge in [-0.3, -0.25) is 14.4 Å². The van der Waals surface area contributed by atoms with E-state index in [1.54, 1.807) is 12.1 Å². The zero-order chi connectivity index (χ0) is 23.6. The number of aliphatic hydroxyl groups is 1. The zero-order valence-corrected chi connectivity index (χ0v) is 18.9. The molecule has 1 aromatic carbocycles. The number of hydrogen-bond acceptors (Lipinski definition) is 6. The minimum absolute atomic E-state index is 0.0333. The van der Waals surface area contributed by atoms with Crippen molar-refractivity contribution in [2.45, 2.75) is 33.6 Å². The van der Waals surface area contributed by atoms with Gasteiger partial charge in [0.1, 0.15) is 30.5 Å². The lowest BCUT2D eigenvalue weighted by Crippen LogP contribution is -2.22. The third-order valence-electron chi connectivity index (χ3n) is 6.05. The average Bonchev–Trinajstić information content (AvgIpc) is 2.99. The summed E-state index contributed by atoms with van der Waals surface area (Å²) in [6.07, 6.45) is 4.70. The molecule has 7 heteroatoms. The average molecular weight is 438 g/mol. The van der Waals surface area contributed by atoms with Crippen molar-refractivity contribution in [3.63, 3.8) is 0 Å². The van der Waals surface area contributed by atoms with Crippen molar-refractivity contribution in [2.75, 3.05) is 31.1 Å². The predicted octanol–water partition coefficient (Wildman–Crippen LogP) is 2.84. The molecule has 0 radical (unpaired) electrons. The second kappa shape index (κ2) is 9.34. The van der Waals surface area contributed by atoms with Crippen molar-refractivity contribution in [2.24, 2.45) is 0 Å². The summed E-state index contributed by atoms with van der Waals surface area (Å²) in [6, 6.07) is 4.74. The molecular weight excluding hydrogens is 408 g/mol. The van der Waals surface area contributed by atoms with E-state index >= 15 is 0 Å². The number of ketones is 3. The molecule has 2 N–H and O–H groups in total. The van der Waals surface area contributed by atoms with Gasteiger partial charge in [0.05, 0.1) is 11.6 Å². The monoisotopic (exact) mass is 437 g/mol. The number of anilines is 1. The maximum absolute atomic E-state index is 13.2. The van der Waals surface area contributed by atoms with Crippen molar-refractivity contribution in [1.82, 2.24) is 0 Å². The number of carbonyl (C=O) groups is 3. The molecule has 0 bridgehead atoms. The molecule has 1 atom stereocenters. The smallest absolute Gasteiger partial charge is 0.234 e. The van der Waals surface area contributed by atoms with Crippen molar-refractivity contribution < 1.29 is 29.2 Å². The van der Waals surface area contributed by atoms with Crippen molar-refractivity contribution in [3.05, 3.63) is 58.9 Å². The van der Waals surface area contributed by atoms with Crippen LogP contribution < -0.4 is 4.90 Å². The second-order valence-electron chi connectivity index (χ2n) is 7.65. The van der Waals surface area contributed by atoms with Crippen LogP contribution in [0.3, 0.4) is 0 Å². The molecule has 0 amide bonds. The summed E-state index contributed by atoms with van der Waals surface area (Å²) in [7, 11) is 0. The summed E-state index contributed by atoms with van der Waals surface area (Å²) >= 11 is 0. The summed E-state index contributed by atoms with van der Waals surface area (Å²) in [5.74, 6) is -4.42. The number of carbonyl (C=O) groups excluding carboxylic acids is 3. The summed E-state index contributed by atoms with van der Waals surface area (Å²) in [5.41, 5.74) is 1.30. The van der Waals surface area contributed by atoms with Crippen LogP contribution in [0.15, 0.2) is 53.3 Å². The van der Waals surface area contributed by atoms with Crippen LogP contribution >= 0.6 is 0 Å². The third kappa shape index (κ3) is 3.90. The molecule has 0 spiro atoms. The number of aliphatic hydroxyl groups excluding tert-OH is 1. The number of hydrogen-bond donors (Lipinski definition) is 2. The standard InChI is InChI=1S/C25H28N2O5/c1-5-26(6-2)15-9-11-17(19(28)13-15)21-23(30)22(25(32)24(21)31)18-12-10-16(14-20(18)29)27(7-3)8-4/h9-14,21,28H,5-8H2,1-4H3/p+1/b22-18-. The third-order valence-corrected chi connectivity index (χ3v) is 6.05. The fraction of sp³-hybridized carbons (Fsp3) is 0.360. The van der Waals surface area contributed by atoms with E-state index in [-0.39, 0.29) is 28.2 Å². The van der Waals surface area contributed by atoms with E-state index in [9.17, 15) is 24.6 Å². The normalized spacial score (nSPS) is 20.8. The van der Waals surface area contributed by atoms with Gasteiger partial charge in [-0.15, -0.1) is 0 Å². The van der Waals surface area contributed by atoms with Crippen LogP contribution in [0.5, 0.6) is 5.75 Å². The van der Waals surface area contributed by atoms with E-state index in [4.69, 9.17) is 0 Å². The highest BCUT2D eigenvalue weighted by Gasteiger charge is 2.48. The molecule has 7 nitrogen and oxygen atoms in total. The molecular formula is C25H29N2O5+. The van der Waals surface area contributed by atoms with Gasteiger partial charge in [-0.2, -0.15) is 0 Å². The van der Waals surface area contributed by atoms with Crippen LogP contribution in [0.2, 0.25) is 0 Å². The van der Waals surface area contributed by atoms with E-state index in [2.05, 4.69) is 0 Å². The Hall–Kier alpha value is -3.48. The van der Waals surface area contributed by atoms with E-state index in [1.807, 2.05) is 37.2 Å². The number of nitrogens with zero attached hydrogens (tertiary/aromatic N) is 2. The van der Waals surface area contributed by atoms with E-state index < -0.39 is 23.3 Å². The van der Waals surface area contributed by atoms with Crippen LogP contribution in [0, 0.1) is 0 Å². The van der Waals surface area contributed by atoms with Gasteiger partial charge >= 0.3 is 0 Å². The van der Waals surface area contributed by atoms with Crippen LogP contribution in [0.1, 0.15) is 39.2 Å². The van der Waals surface area contributed by atoms with Gasteiger partial charge in [-0.1, -0.05) is 6.07 Å². The summed E-state index contributed by atoms with van der Waals surface area (Å²) in [5, 5.41) is 21.1. The molecule has 0 saturated heterocycles. The van der Waals surface area contributed by atoms with Crippen LogP contribution in [-0.2, 0) is 14.4 Å². The number of Topliss-reactive ketones (excluding diaryl/α,β-unsaturated/α-hetero) is 3. The Morgan fingerprint density at radius 1 is 0.938 bits per heavy atom. The minimum atomic E-state index is -1.41. The van der Waals surface area contributed by atoms with Crippen molar-refractivity contribution in [3.8, 4) is 5.75 Å². The molecule has 0 aliphatic heterocycles. The molecule has 1 aromatic rings. The summed E-state index contributed by atoms with van der Waals surface area (Å²) < 4.78 is 2.01. The Bertz CT molecular complexity index is 1100. The quantitative estimate of drug-likeness (QED) is 0.234. The molecule has 0 aromatic heterocycles. The Labute approximate surface area is 187 Å². The Morgan fingerprint density at radius 3 is 2.12 bits per heavy atom. The van der Waals surface area contributed by atoms with Crippen LogP contribution in [-0.4, -0.2) is 64.0 Å². The second-order valence-corrected chi connectivity index (χ2v) is 7.65. The lowest BCUT2D eigenvalue weighted by molar-refractivity contribution is -0.519. The lowest BCUT2D eigenvalue weighted by Gasteiger charge is -2.22. The number of phenolic OH excluding ortho intramolecular Hbond substituents is 1. The number of rotatable bonds is 6. The first-order valence-corrected chi connectivity index (χ1v) is 10.9. The number of phenols is 1. The fourth-order valence-corrected chi connectivity index (χ4v) is 4.25. The van der Waals surface area contributed by atoms with E-state index in [0.717, 1.165) is 37.6 Å². The minimum Gasteiger partial charge on any atom is -0.508 e. The van der Waals surface area contributed by atoms with Gasteiger partial charge in [0.2, 0.25) is 17.3 Å². The molecule has 0 heterocycles. The molecule has 2 aliphatic rings. The first kappa shape index (κ1) is 23.2. The molecule has 3 rings (SSSR count). The molecule has 1 unspecified atom stereocenters. The van der Waals surface area contributed by atoms with E-state index in [0.29, 0.717) is 0 Å². The first-order chi connectivity index (χ1) is 15.3. The van der Waals surface area contributed by atoms with Gasteiger partial charge in [0, 0.05) is 42.1 Å². The molecule has 2 aliphatic carbocycles. The van der Waals surface area contributed by atoms with Crippen LogP contribution in [0.25, 0.3) is 0 Å². The van der Waals surface area contributed by atoms with Gasteiger partial charge in [-0.25, -0.2) is 4.58 Å². The highest BCUT2D eigenvalue weighted by atomic mass is 16.3. The topological polar surface area (TPSA) is 97.9 Å². The molecule has 32 heavy (non-hydrogen) atoms. The number of aromatic hydroxyl groups is 1.